The molecule has 0 bridgehead atoms. The van der Waals surface area contributed by atoms with Crippen molar-refractivity contribution in [3.8, 4) is 0 Å². The van der Waals surface area contributed by atoms with Crippen LogP contribution in [-0.2, 0) is 0 Å². The minimum Gasteiger partial charge on any atom is -0.393 e. The van der Waals surface area contributed by atoms with E-state index >= 15 is 0 Å². The summed E-state index contributed by atoms with van der Waals surface area (Å²) in [6, 6.07) is 0. The van der Waals surface area contributed by atoms with Crippen molar-refractivity contribution in [2.75, 3.05) is 13.6 Å². The van der Waals surface area contributed by atoms with Crippen LogP contribution in [0.15, 0.2) is 34.6 Å². The van der Waals surface area contributed by atoms with Crippen LogP contribution >= 0.6 is 0 Å². The molecule has 0 amide bonds. The Hall–Kier alpha value is -1.58. The summed E-state index contributed by atoms with van der Waals surface area (Å²) < 4.78 is 0. The monoisotopic (exact) mass is 178 g/mol. The van der Waals surface area contributed by atoms with Crippen molar-refractivity contribution < 1.29 is 0 Å². The highest BCUT2D eigenvalue weighted by atomic mass is 15.5. The van der Waals surface area contributed by atoms with Gasteiger partial charge in [-0.1, -0.05) is 6.58 Å². The van der Waals surface area contributed by atoms with Crippen LogP contribution in [0.5, 0.6) is 0 Å². The number of amidine groups is 1. The molecule has 0 atom stereocenters. The van der Waals surface area contributed by atoms with E-state index in [2.05, 4.69) is 22.0 Å². The van der Waals surface area contributed by atoms with Gasteiger partial charge in [0.15, 0.2) is 5.84 Å². The Morgan fingerprint density at radius 2 is 2.54 bits per heavy atom. The number of nitrogens with zero attached hydrogens (tertiary/aromatic N) is 3. The number of hydrazone groups is 1. The second-order valence-corrected chi connectivity index (χ2v) is 2.48. The van der Waals surface area contributed by atoms with Gasteiger partial charge in [0.05, 0.1) is 11.8 Å². The van der Waals surface area contributed by atoms with Gasteiger partial charge in [-0.3, -0.25) is 0 Å². The lowest BCUT2D eigenvalue weighted by molar-refractivity contribution is 0.484. The van der Waals surface area contributed by atoms with Crippen molar-refractivity contribution in [3.05, 3.63) is 24.6 Å². The molecule has 1 rings (SSSR count). The first kappa shape index (κ1) is 9.51. The van der Waals surface area contributed by atoms with E-state index in [0.717, 1.165) is 18.0 Å². The van der Waals surface area contributed by atoms with Gasteiger partial charge in [0.1, 0.15) is 0 Å². The van der Waals surface area contributed by atoms with Crippen molar-refractivity contribution in [1.29, 1.82) is 0 Å². The Bertz CT molecular complexity index is 275. The first-order chi connectivity index (χ1) is 6.33. The van der Waals surface area contributed by atoms with Gasteiger partial charge >= 0.3 is 0 Å². The predicted octanol–water partition coefficient (Wildman–Crippen LogP) is 0.953. The summed E-state index contributed by atoms with van der Waals surface area (Å²) in [7, 11) is 1.85. The molecule has 13 heavy (non-hydrogen) atoms. The molecule has 0 saturated carbocycles. The Balaban J connectivity index is 2.91. The van der Waals surface area contributed by atoms with Crippen LogP contribution in [0.4, 0.5) is 0 Å². The van der Waals surface area contributed by atoms with Crippen LogP contribution in [0.25, 0.3) is 0 Å². The first-order valence-corrected chi connectivity index (χ1v) is 4.21. The van der Waals surface area contributed by atoms with Crippen LogP contribution < -0.4 is 5.32 Å². The highest BCUT2D eigenvalue weighted by Crippen LogP contribution is 2.09. The van der Waals surface area contributed by atoms with E-state index in [1.165, 1.54) is 6.20 Å². The Kier molecular flexibility index (Phi) is 3.25. The standard InChI is InChI=1S/C9H14N4/c1-4-11-9-8(6-10-3)7-12-13(9)5-2/h4,6-7,10H,1,5H2,2-3H3/b8-6+,11-9+. The van der Waals surface area contributed by atoms with Gasteiger partial charge in [0, 0.05) is 26.0 Å². The second kappa shape index (κ2) is 4.45. The molecule has 0 radical (unpaired) electrons. The third-order valence-corrected chi connectivity index (χ3v) is 1.65. The smallest absolute Gasteiger partial charge is 0.159 e. The second-order valence-electron chi connectivity index (χ2n) is 2.48. The highest BCUT2D eigenvalue weighted by Gasteiger charge is 2.17. The zero-order chi connectivity index (χ0) is 9.68. The zero-order valence-electron chi connectivity index (χ0n) is 7.99. The molecule has 0 fully saturated rings. The Morgan fingerprint density at radius 3 is 3.08 bits per heavy atom. The van der Waals surface area contributed by atoms with Crippen LogP contribution in [0.3, 0.4) is 0 Å². The fourth-order valence-electron chi connectivity index (χ4n) is 1.11. The van der Waals surface area contributed by atoms with Gasteiger partial charge in [0.2, 0.25) is 0 Å². The fraction of sp³-hybridized carbons (Fsp3) is 0.333. The molecule has 0 unspecified atom stereocenters. The van der Waals surface area contributed by atoms with Gasteiger partial charge in [0.25, 0.3) is 0 Å². The van der Waals surface area contributed by atoms with Crippen molar-refractivity contribution in [2.45, 2.75) is 6.92 Å². The number of likely N-dealkylation sites (N-methyl/N-ethyl adjacent to an activating group) is 1. The van der Waals surface area contributed by atoms with E-state index in [0.29, 0.717) is 0 Å². The maximum atomic E-state index is 4.18. The summed E-state index contributed by atoms with van der Waals surface area (Å²) in [6.45, 7) is 6.41. The normalized spacial score (nSPS) is 21.5. The molecule has 0 aromatic carbocycles. The first-order valence-electron chi connectivity index (χ1n) is 4.21. The molecule has 1 heterocycles. The molecule has 4 nitrogen and oxygen atoms in total. The summed E-state index contributed by atoms with van der Waals surface area (Å²) in [5, 5.41) is 8.95. The van der Waals surface area contributed by atoms with Crippen LogP contribution in [-0.4, -0.2) is 30.7 Å². The SMILES string of the molecule is C=C/N=C1\C(=C\NC)C=NN1CC. The fourth-order valence-corrected chi connectivity index (χ4v) is 1.11. The molecule has 1 aliphatic heterocycles. The van der Waals surface area contributed by atoms with Gasteiger partial charge < -0.3 is 5.32 Å². The van der Waals surface area contributed by atoms with E-state index in [9.17, 15) is 0 Å². The lowest BCUT2D eigenvalue weighted by Gasteiger charge is -2.11. The molecular weight excluding hydrogens is 164 g/mol. The van der Waals surface area contributed by atoms with E-state index < -0.39 is 0 Å². The predicted molar refractivity (Wildman–Crippen MR) is 55.6 cm³/mol. The van der Waals surface area contributed by atoms with E-state index in [1.807, 2.05) is 25.2 Å². The summed E-state index contributed by atoms with van der Waals surface area (Å²) in [5.74, 6) is 0.840. The van der Waals surface area contributed by atoms with Crippen molar-refractivity contribution in [1.82, 2.24) is 10.3 Å². The summed E-state index contributed by atoms with van der Waals surface area (Å²) in [5.41, 5.74) is 0.976. The van der Waals surface area contributed by atoms with E-state index in [4.69, 9.17) is 0 Å². The Morgan fingerprint density at radius 1 is 1.77 bits per heavy atom. The van der Waals surface area contributed by atoms with Crippen LogP contribution in [0, 0.1) is 0 Å². The average molecular weight is 178 g/mol. The molecule has 4 heteroatoms. The van der Waals surface area contributed by atoms with E-state index in [1.54, 1.807) is 6.21 Å². The molecule has 1 aliphatic rings. The number of rotatable bonds is 3. The quantitative estimate of drug-likeness (QED) is 0.699. The van der Waals surface area contributed by atoms with Gasteiger partial charge in [-0.15, -0.1) is 0 Å². The molecule has 0 saturated heterocycles. The molecule has 70 valence electrons. The molecule has 0 aromatic heterocycles. The van der Waals surface area contributed by atoms with E-state index in [-0.39, 0.29) is 0 Å². The van der Waals surface area contributed by atoms with Gasteiger partial charge in [-0.2, -0.15) is 5.10 Å². The molecular formula is C9H14N4. The lowest BCUT2D eigenvalue weighted by Crippen LogP contribution is -2.22. The molecule has 0 aromatic rings. The largest absolute Gasteiger partial charge is 0.393 e. The maximum Gasteiger partial charge on any atom is 0.159 e. The van der Waals surface area contributed by atoms with Crippen molar-refractivity contribution >= 4 is 12.1 Å². The number of hydrogen-bond acceptors (Lipinski definition) is 3. The van der Waals surface area contributed by atoms with Gasteiger partial charge in [-0.25, -0.2) is 10.0 Å². The minimum absolute atomic E-state index is 0.810. The minimum atomic E-state index is 0.810. The van der Waals surface area contributed by atoms with Crippen LogP contribution in [0.1, 0.15) is 6.92 Å². The number of aliphatic imine (C=N–C) groups is 1. The lowest BCUT2D eigenvalue weighted by atomic mass is 10.3. The van der Waals surface area contributed by atoms with Crippen LogP contribution in [0.2, 0.25) is 0 Å². The van der Waals surface area contributed by atoms with Crippen molar-refractivity contribution in [3.63, 3.8) is 0 Å². The van der Waals surface area contributed by atoms with Gasteiger partial charge in [-0.05, 0) is 6.92 Å². The topological polar surface area (TPSA) is 40.0 Å². The summed E-state index contributed by atoms with van der Waals surface area (Å²) >= 11 is 0. The third kappa shape index (κ3) is 1.96. The number of hydrogen-bond donors (Lipinski definition) is 1. The zero-order valence-corrected chi connectivity index (χ0v) is 7.99. The average Bonchev–Trinajstić information content (AvgIpc) is 2.50. The molecule has 0 aliphatic carbocycles. The summed E-state index contributed by atoms with van der Waals surface area (Å²) in [6.07, 6.45) is 5.17. The molecule has 0 spiro atoms. The van der Waals surface area contributed by atoms with Crippen molar-refractivity contribution in [2.24, 2.45) is 10.1 Å². The maximum absolute atomic E-state index is 4.18. The summed E-state index contributed by atoms with van der Waals surface area (Å²) in [4.78, 5) is 4.15. The number of nitrogens with one attached hydrogen (secondary N) is 1. The third-order valence-electron chi connectivity index (χ3n) is 1.65. The Labute approximate surface area is 78.3 Å². The molecule has 1 N–H and O–H groups in total. The highest BCUT2D eigenvalue weighted by molar-refractivity contribution is 6.18.